The number of benzene rings is 6. The molecule has 6 aromatic carbocycles. The summed E-state index contributed by atoms with van der Waals surface area (Å²) in [4.78, 5) is 24.6. The first-order chi connectivity index (χ1) is 47.6. The fraction of sp³-hybridized carbons (Fsp3) is 0.262. The number of aryl methyl sites for hydroxylation is 2. The normalized spacial score (nSPS) is 10.5. The molecule has 0 unspecified atom stereocenters. The number of anilines is 14. The van der Waals surface area contributed by atoms with Crippen molar-refractivity contribution in [2.75, 3.05) is 78.1 Å². The standard InChI is InChI=1S/C13H18ClN5.C12H16ClN5.C12H17N5.C10H12ClN5.C9H10ClN5.C9H11N5/c1-9(2)16-13-17-12(18-19-13)15-8-7-10-3-5-11(14)6-4-10;1-8(2)15-12-16-11(17-18-12)14-7-9-3-5-10(13)6-4-9;1-8(2)13-11-15-12(17-16-11)14-10-6-4-5-9(3)7-10;11-8-3-1-7(2-4-8)5-6-13-10-14-9(12)15-16-10;10-7-3-1-6(2-4-7)5-12-9-13-8(11)14-15-9;1-6-3-2-4-7(5-6)11-9-12-8(10)13-14-9/h3-6,9H,7-8H2,1-2H3,(H3,15,16,17,18,19);3-6,8H,7H2,1-2H3,(H3,14,15,16,17,18);4-8H,1-3H3,(H3,13,14,15,16,17);1-4H,5-6H2,(H4,12,13,14,15,16);1-4H,5H2,(H4,11,12,13,14,15);2-5H,1H3,(H4,10,11,12,13,14). The van der Waals surface area contributed by atoms with Gasteiger partial charge in [-0.25, -0.2) is 30.6 Å². The third kappa shape index (κ3) is 29.8. The van der Waals surface area contributed by atoms with E-state index in [2.05, 4.69) is 172 Å². The molecule has 0 aliphatic heterocycles. The molecule has 0 spiro atoms. The topological polar surface area (TPSA) is 436 Å². The number of halogens is 4. The molecule has 0 aliphatic carbocycles. The molecule has 21 N–H and O–H groups in total. The fourth-order valence-corrected chi connectivity index (χ4v) is 8.76. The molecule has 0 atom stereocenters. The molecule has 0 saturated carbocycles. The van der Waals surface area contributed by atoms with Crippen molar-refractivity contribution in [2.24, 2.45) is 0 Å². The molecule has 34 heteroatoms. The monoisotopic (exact) mass is 1420 g/mol. The van der Waals surface area contributed by atoms with E-state index in [4.69, 9.17) is 63.6 Å². The number of hydrogen-bond donors (Lipinski definition) is 18. The van der Waals surface area contributed by atoms with Crippen molar-refractivity contribution >= 4 is 129 Å². The van der Waals surface area contributed by atoms with Crippen molar-refractivity contribution in [1.82, 2.24) is 91.1 Å². The molecule has 0 amide bonds. The summed E-state index contributed by atoms with van der Waals surface area (Å²) < 4.78 is 0. The number of aromatic amines is 6. The van der Waals surface area contributed by atoms with Crippen molar-refractivity contribution in [3.63, 3.8) is 0 Å². The third-order valence-electron chi connectivity index (χ3n) is 12.7. The van der Waals surface area contributed by atoms with Gasteiger partial charge < -0.3 is 65.1 Å². The lowest BCUT2D eigenvalue weighted by atomic mass is 10.1. The average molecular weight is 1430 g/mol. The number of aromatic nitrogens is 18. The van der Waals surface area contributed by atoms with Gasteiger partial charge in [0.15, 0.2) is 0 Å². The maximum Gasteiger partial charge on any atom is 0.248 e. The zero-order chi connectivity index (χ0) is 70.9. The number of hydrogen-bond acceptors (Lipinski definition) is 24. The van der Waals surface area contributed by atoms with E-state index < -0.39 is 0 Å². The highest BCUT2D eigenvalue weighted by Crippen LogP contribution is 2.19. The molecule has 0 bridgehead atoms. The number of H-pyrrole nitrogens is 6. The summed E-state index contributed by atoms with van der Waals surface area (Å²) in [6.07, 6.45) is 1.78. The third-order valence-corrected chi connectivity index (χ3v) is 13.7. The summed E-state index contributed by atoms with van der Waals surface area (Å²) in [6, 6.07) is 47.8. The van der Waals surface area contributed by atoms with Gasteiger partial charge in [0.25, 0.3) is 0 Å². The van der Waals surface area contributed by atoms with Crippen LogP contribution in [0.2, 0.25) is 20.1 Å². The lowest BCUT2D eigenvalue weighted by Gasteiger charge is -2.04. The molecule has 12 rings (SSSR count). The van der Waals surface area contributed by atoms with Crippen LogP contribution in [0, 0.1) is 13.8 Å². The van der Waals surface area contributed by atoms with Crippen LogP contribution in [0.3, 0.4) is 0 Å². The van der Waals surface area contributed by atoms with Gasteiger partial charge in [-0.05, 0) is 174 Å². The summed E-state index contributed by atoms with van der Waals surface area (Å²) >= 11 is 23.2. The van der Waals surface area contributed by atoms with Gasteiger partial charge in [0, 0.05) is 75.8 Å². The molecule has 12 aromatic rings. The minimum absolute atomic E-state index is 0.300. The highest BCUT2D eigenvalue weighted by Gasteiger charge is 2.08. The molecule has 30 nitrogen and oxygen atoms in total. The maximum absolute atomic E-state index is 5.84. The second-order valence-electron chi connectivity index (χ2n) is 22.6. The first-order valence-corrected chi connectivity index (χ1v) is 32.8. The predicted molar refractivity (Wildman–Crippen MR) is 402 cm³/mol. The van der Waals surface area contributed by atoms with E-state index in [9.17, 15) is 0 Å². The van der Waals surface area contributed by atoms with Gasteiger partial charge >= 0.3 is 0 Å². The molecule has 0 radical (unpaired) electrons. The minimum Gasteiger partial charge on any atom is -0.368 e. The van der Waals surface area contributed by atoms with Gasteiger partial charge in [0.2, 0.25) is 71.4 Å². The molecule has 6 heterocycles. The van der Waals surface area contributed by atoms with Gasteiger partial charge in [-0.1, -0.05) is 119 Å². The highest BCUT2D eigenvalue weighted by atomic mass is 35.5. The molecular formula is C65H84Cl4N30. The number of nitrogens with two attached hydrogens (primary N) is 3. The Morgan fingerprint density at radius 3 is 1.05 bits per heavy atom. The first-order valence-electron chi connectivity index (χ1n) is 31.3. The van der Waals surface area contributed by atoms with E-state index in [1.54, 1.807) is 0 Å². The number of nitrogens with one attached hydrogen (secondary N) is 15. The van der Waals surface area contributed by atoms with E-state index in [0.29, 0.717) is 103 Å². The predicted octanol–water partition coefficient (Wildman–Crippen LogP) is 13.3. The lowest BCUT2D eigenvalue weighted by Crippen LogP contribution is -2.11. The fourth-order valence-electron chi connectivity index (χ4n) is 8.25. The molecule has 0 aliphatic rings. The van der Waals surface area contributed by atoms with E-state index in [0.717, 1.165) is 68.5 Å². The Hall–Kier alpha value is -11.1. The Balaban J connectivity index is 0.000000167. The Labute approximate surface area is 593 Å². The minimum atomic E-state index is 0.300. The molecular weight excluding hydrogens is 1340 g/mol. The van der Waals surface area contributed by atoms with Gasteiger partial charge in [0.05, 0.1) is 0 Å². The average Bonchev–Trinajstić information content (AvgIpc) is 1.86. The van der Waals surface area contributed by atoms with Crippen LogP contribution in [-0.4, -0.2) is 122 Å². The van der Waals surface area contributed by atoms with Crippen LogP contribution in [0.25, 0.3) is 0 Å². The Morgan fingerprint density at radius 1 is 0.343 bits per heavy atom. The summed E-state index contributed by atoms with van der Waals surface area (Å²) in [7, 11) is 0. The smallest absolute Gasteiger partial charge is 0.248 e. The molecule has 99 heavy (non-hydrogen) atoms. The summed E-state index contributed by atoms with van der Waals surface area (Å²) in [5.74, 6) is 6.19. The molecule has 522 valence electrons. The summed E-state index contributed by atoms with van der Waals surface area (Å²) in [5.41, 5.74) is 25.2. The van der Waals surface area contributed by atoms with Crippen LogP contribution < -0.4 is 65.1 Å². The zero-order valence-electron chi connectivity index (χ0n) is 55.9. The van der Waals surface area contributed by atoms with Crippen molar-refractivity contribution in [3.05, 3.63) is 199 Å². The van der Waals surface area contributed by atoms with Crippen LogP contribution in [0.5, 0.6) is 0 Å². The Bertz CT molecular complexity index is 4200. The Kier molecular flexibility index (Phi) is 30.3. The second kappa shape index (κ2) is 39.8. The van der Waals surface area contributed by atoms with Crippen LogP contribution >= 0.6 is 46.4 Å². The lowest BCUT2D eigenvalue weighted by molar-refractivity contribution is 0.876. The highest BCUT2D eigenvalue weighted by molar-refractivity contribution is 6.31. The van der Waals surface area contributed by atoms with Crippen LogP contribution in [0.15, 0.2) is 146 Å². The van der Waals surface area contributed by atoms with Crippen molar-refractivity contribution in [2.45, 2.75) is 99.4 Å². The van der Waals surface area contributed by atoms with Gasteiger partial charge in [-0.3, -0.25) is 0 Å². The zero-order valence-corrected chi connectivity index (χ0v) is 59.0. The van der Waals surface area contributed by atoms with Crippen molar-refractivity contribution in [3.8, 4) is 0 Å². The van der Waals surface area contributed by atoms with Gasteiger partial charge in [-0.2, -0.15) is 29.9 Å². The van der Waals surface area contributed by atoms with E-state index in [-0.39, 0.29) is 0 Å². The van der Waals surface area contributed by atoms with Crippen molar-refractivity contribution in [1.29, 1.82) is 0 Å². The molecule has 0 saturated heterocycles. The second-order valence-corrected chi connectivity index (χ2v) is 24.4. The van der Waals surface area contributed by atoms with E-state index >= 15 is 0 Å². The quantitative estimate of drug-likeness (QED) is 0.0267. The van der Waals surface area contributed by atoms with Gasteiger partial charge in [0.1, 0.15) is 0 Å². The Morgan fingerprint density at radius 2 is 0.667 bits per heavy atom. The molecule has 0 fully saturated rings. The van der Waals surface area contributed by atoms with E-state index in [1.807, 2.05) is 168 Å². The van der Waals surface area contributed by atoms with Crippen LogP contribution in [-0.2, 0) is 25.9 Å². The first kappa shape index (κ1) is 75.3. The number of rotatable bonds is 24. The van der Waals surface area contributed by atoms with Crippen LogP contribution in [0.4, 0.5) is 82.8 Å². The summed E-state index contributed by atoms with van der Waals surface area (Å²) in [5, 5.41) is 71.0. The molecule has 6 aromatic heterocycles. The SMILES string of the molecule is CC(C)Nc1nc(NCCc2ccc(Cl)cc2)n[nH]1.CC(C)Nc1nc(NCc2ccc(Cl)cc2)n[nH]1.Cc1cccc(Nc2n[nH]c(N)n2)c1.Cc1cccc(Nc2nc(NC(C)C)n[nH]2)c1.Nc1nc(NCCc2ccc(Cl)cc2)n[nH]1.Nc1nc(NCc2ccc(Cl)cc2)n[nH]1. The number of nitrogens with zero attached hydrogens (tertiary/aromatic N) is 12. The maximum atomic E-state index is 5.84. The van der Waals surface area contributed by atoms with E-state index in [1.165, 1.54) is 22.3 Å². The van der Waals surface area contributed by atoms with Crippen molar-refractivity contribution < 1.29 is 0 Å². The van der Waals surface area contributed by atoms with Gasteiger partial charge in [-0.15, -0.1) is 30.6 Å². The number of nitrogen functional groups attached to an aromatic ring is 3. The largest absolute Gasteiger partial charge is 0.368 e. The van der Waals surface area contributed by atoms with Crippen LogP contribution in [0.1, 0.15) is 74.9 Å². The summed E-state index contributed by atoms with van der Waals surface area (Å²) in [6.45, 7) is 19.2.